The number of aliphatic hydroxyl groups excluding tert-OH is 1. The van der Waals surface area contributed by atoms with Crippen LogP contribution in [0, 0.1) is 6.92 Å². The summed E-state index contributed by atoms with van der Waals surface area (Å²) in [5.41, 5.74) is 4.67. The van der Waals surface area contributed by atoms with Gasteiger partial charge in [0, 0.05) is 46.3 Å². The maximum absolute atomic E-state index is 9.47. The van der Waals surface area contributed by atoms with Gasteiger partial charge >= 0.3 is 0 Å². The van der Waals surface area contributed by atoms with Crippen molar-refractivity contribution in [1.29, 1.82) is 0 Å². The summed E-state index contributed by atoms with van der Waals surface area (Å²) in [6.07, 6.45) is -0.360. The Morgan fingerprint density at radius 2 is 1.92 bits per heavy atom. The Labute approximate surface area is 158 Å². The van der Waals surface area contributed by atoms with Gasteiger partial charge in [-0.25, -0.2) is 0 Å². The van der Waals surface area contributed by atoms with Gasteiger partial charge in [-0.15, -0.1) is 0 Å². The molecule has 0 aliphatic rings. The van der Waals surface area contributed by atoms with Crippen LogP contribution in [0.25, 0.3) is 10.9 Å². The zero-order valence-electron chi connectivity index (χ0n) is 14.4. The van der Waals surface area contributed by atoms with E-state index in [-0.39, 0.29) is 6.10 Å². The first kappa shape index (κ1) is 18.3. The Hall–Kier alpha value is -1.52. The summed E-state index contributed by atoms with van der Waals surface area (Å²) in [5.74, 6) is 0. The van der Waals surface area contributed by atoms with E-state index in [1.807, 2.05) is 12.1 Å². The maximum Gasteiger partial charge on any atom is 0.0636 e. The summed E-state index contributed by atoms with van der Waals surface area (Å²) < 4.78 is 2.28. The monoisotopic (exact) mass is 376 g/mol. The van der Waals surface area contributed by atoms with Crippen molar-refractivity contribution >= 4 is 34.1 Å². The van der Waals surface area contributed by atoms with Crippen molar-refractivity contribution in [3.05, 3.63) is 69.3 Å². The van der Waals surface area contributed by atoms with Crippen LogP contribution in [0.1, 0.15) is 23.7 Å². The highest BCUT2D eigenvalue weighted by molar-refractivity contribution is 6.35. The molecule has 1 heterocycles. The highest BCUT2D eigenvalue weighted by atomic mass is 35.5. The highest BCUT2D eigenvalue weighted by Crippen LogP contribution is 2.29. The predicted molar refractivity (Wildman–Crippen MR) is 106 cm³/mol. The van der Waals surface area contributed by atoms with Crippen LogP contribution in [0.3, 0.4) is 0 Å². The third-order valence-corrected chi connectivity index (χ3v) is 5.03. The predicted octanol–water partition coefficient (Wildman–Crippen LogP) is 4.78. The molecule has 0 saturated heterocycles. The highest BCUT2D eigenvalue weighted by Gasteiger charge is 2.15. The van der Waals surface area contributed by atoms with Crippen LogP contribution in [-0.4, -0.2) is 22.3 Å². The number of benzene rings is 2. The summed E-state index contributed by atoms with van der Waals surface area (Å²) in [4.78, 5) is 0. The number of hydrogen-bond donors (Lipinski definition) is 2. The molecule has 1 aromatic heterocycles. The van der Waals surface area contributed by atoms with Crippen molar-refractivity contribution in [3.63, 3.8) is 0 Å². The van der Waals surface area contributed by atoms with Crippen molar-refractivity contribution in [2.45, 2.75) is 33.0 Å². The van der Waals surface area contributed by atoms with Gasteiger partial charge in [0.05, 0.1) is 6.10 Å². The molecule has 2 aromatic carbocycles. The third kappa shape index (κ3) is 4.01. The molecule has 132 valence electrons. The maximum atomic E-state index is 9.47. The van der Waals surface area contributed by atoms with E-state index in [0.717, 1.165) is 12.1 Å². The summed E-state index contributed by atoms with van der Waals surface area (Å²) in [5, 5.41) is 15.3. The Balaban J connectivity index is 1.98. The Bertz CT molecular complexity index is 887. The molecule has 0 spiro atoms. The van der Waals surface area contributed by atoms with E-state index in [1.54, 1.807) is 13.0 Å². The second-order valence-electron chi connectivity index (χ2n) is 6.38. The van der Waals surface area contributed by atoms with Crippen LogP contribution in [0.5, 0.6) is 0 Å². The van der Waals surface area contributed by atoms with Gasteiger partial charge in [0.1, 0.15) is 0 Å². The first-order valence-electron chi connectivity index (χ1n) is 8.36. The molecule has 0 aliphatic heterocycles. The molecule has 1 unspecified atom stereocenters. The van der Waals surface area contributed by atoms with Gasteiger partial charge in [-0.1, -0.05) is 47.5 Å². The number of aromatic nitrogens is 1. The summed E-state index contributed by atoms with van der Waals surface area (Å²) in [6.45, 7) is 5.90. The fourth-order valence-electron chi connectivity index (χ4n) is 3.16. The fraction of sp³-hybridized carbons (Fsp3) is 0.300. The van der Waals surface area contributed by atoms with Crippen molar-refractivity contribution in [1.82, 2.24) is 9.88 Å². The zero-order chi connectivity index (χ0) is 18.0. The van der Waals surface area contributed by atoms with Gasteiger partial charge in [-0.3, -0.25) is 0 Å². The minimum absolute atomic E-state index is 0.360. The van der Waals surface area contributed by atoms with Crippen molar-refractivity contribution in [2.75, 3.05) is 6.54 Å². The normalized spacial score (nSPS) is 12.7. The molecule has 1 atom stereocenters. The molecule has 0 radical (unpaired) electrons. The lowest BCUT2D eigenvalue weighted by Crippen LogP contribution is -2.24. The number of nitrogens with one attached hydrogen (secondary N) is 1. The topological polar surface area (TPSA) is 37.2 Å². The summed E-state index contributed by atoms with van der Waals surface area (Å²) >= 11 is 12.4. The largest absolute Gasteiger partial charge is 0.392 e. The Morgan fingerprint density at radius 3 is 2.64 bits per heavy atom. The molecule has 0 fully saturated rings. The van der Waals surface area contributed by atoms with E-state index < -0.39 is 0 Å². The standard InChI is InChI=1S/C20H22Cl2N2O/c1-13(25)10-23-11-18-14(2)24(20-6-4-3-5-17(18)20)12-15-7-8-16(21)9-19(15)22/h3-9,13,23,25H,10-12H2,1-2H3. The molecule has 25 heavy (non-hydrogen) atoms. The van der Waals surface area contributed by atoms with Crippen molar-refractivity contribution in [3.8, 4) is 0 Å². The van der Waals surface area contributed by atoms with Gasteiger partial charge in [0.25, 0.3) is 0 Å². The average molecular weight is 377 g/mol. The quantitative estimate of drug-likeness (QED) is 0.649. The number of para-hydroxylation sites is 1. The molecule has 3 rings (SSSR count). The first-order valence-corrected chi connectivity index (χ1v) is 9.12. The van der Waals surface area contributed by atoms with Gasteiger partial charge in [-0.05, 0) is 43.2 Å². The van der Waals surface area contributed by atoms with E-state index in [2.05, 4.69) is 41.1 Å². The summed E-state index contributed by atoms with van der Waals surface area (Å²) in [7, 11) is 0. The van der Waals surface area contributed by atoms with E-state index in [9.17, 15) is 5.11 Å². The second kappa shape index (κ2) is 7.79. The molecule has 0 bridgehead atoms. The fourth-order valence-corrected chi connectivity index (χ4v) is 3.62. The van der Waals surface area contributed by atoms with Crippen molar-refractivity contribution < 1.29 is 5.11 Å². The summed E-state index contributed by atoms with van der Waals surface area (Å²) in [6, 6.07) is 14.0. The third-order valence-electron chi connectivity index (χ3n) is 4.45. The lowest BCUT2D eigenvalue weighted by molar-refractivity contribution is 0.191. The van der Waals surface area contributed by atoms with Crippen LogP contribution >= 0.6 is 23.2 Å². The van der Waals surface area contributed by atoms with Gasteiger partial charge in [-0.2, -0.15) is 0 Å². The van der Waals surface area contributed by atoms with E-state index in [4.69, 9.17) is 23.2 Å². The number of nitrogens with zero attached hydrogens (tertiary/aromatic N) is 1. The van der Waals surface area contributed by atoms with Gasteiger partial charge < -0.3 is 15.0 Å². The number of rotatable bonds is 6. The number of aliphatic hydroxyl groups is 1. The molecule has 0 aliphatic carbocycles. The first-order chi connectivity index (χ1) is 12.0. The number of fused-ring (bicyclic) bond motifs is 1. The average Bonchev–Trinajstić information content (AvgIpc) is 2.83. The second-order valence-corrected chi connectivity index (χ2v) is 7.23. The molecule has 0 amide bonds. The molecule has 2 N–H and O–H groups in total. The van der Waals surface area contributed by atoms with Gasteiger partial charge in [0.2, 0.25) is 0 Å². The Morgan fingerprint density at radius 1 is 1.16 bits per heavy atom. The molecular weight excluding hydrogens is 355 g/mol. The van der Waals surface area contributed by atoms with Crippen LogP contribution in [0.4, 0.5) is 0 Å². The minimum Gasteiger partial charge on any atom is -0.392 e. The van der Waals surface area contributed by atoms with E-state index in [1.165, 1.54) is 22.2 Å². The lowest BCUT2D eigenvalue weighted by Gasteiger charge is -2.11. The van der Waals surface area contributed by atoms with E-state index >= 15 is 0 Å². The molecular formula is C20H22Cl2N2O. The molecule has 5 heteroatoms. The van der Waals surface area contributed by atoms with Crippen LogP contribution in [-0.2, 0) is 13.1 Å². The van der Waals surface area contributed by atoms with Crippen LogP contribution < -0.4 is 5.32 Å². The minimum atomic E-state index is -0.360. The SMILES string of the molecule is Cc1c(CNCC(C)O)c2ccccc2n1Cc1ccc(Cl)cc1Cl. The van der Waals surface area contributed by atoms with Crippen molar-refractivity contribution in [2.24, 2.45) is 0 Å². The lowest BCUT2D eigenvalue weighted by atomic mass is 10.1. The molecule has 3 aromatic rings. The Kier molecular flexibility index (Phi) is 5.70. The van der Waals surface area contributed by atoms with E-state index in [0.29, 0.717) is 23.1 Å². The number of hydrogen-bond acceptors (Lipinski definition) is 2. The smallest absolute Gasteiger partial charge is 0.0636 e. The molecule has 3 nitrogen and oxygen atoms in total. The van der Waals surface area contributed by atoms with Gasteiger partial charge in [0.15, 0.2) is 0 Å². The van der Waals surface area contributed by atoms with Crippen LogP contribution in [0.2, 0.25) is 10.0 Å². The van der Waals surface area contributed by atoms with Crippen LogP contribution in [0.15, 0.2) is 42.5 Å². The number of halogens is 2. The zero-order valence-corrected chi connectivity index (χ0v) is 15.9. The molecule has 0 saturated carbocycles.